The number of carbonyl (C=O) groups excluding carboxylic acids is 1. The molecule has 2 fully saturated rings. The van der Waals surface area contributed by atoms with Gasteiger partial charge in [0.15, 0.2) is 0 Å². The van der Waals surface area contributed by atoms with Crippen LogP contribution in [0.15, 0.2) is 0 Å². The number of likely N-dealkylation sites (tertiary alicyclic amines) is 1. The van der Waals surface area contributed by atoms with Gasteiger partial charge in [-0.2, -0.15) is 0 Å². The topological polar surface area (TPSA) is 55.6 Å². The van der Waals surface area contributed by atoms with E-state index in [2.05, 4.69) is 0 Å². The zero-order chi connectivity index (χ0) is 10.7. The molecule has 0 aliphatic carbocycles. The number of ether oxygens (including phenoxy) is 1. The molecule has 1 atom stereocenters. The first-order valence-corrected chi connectivity index (χ1v) is 5.87. The van der Waals surface area contributed by atoms with Gasteiger partial charge < -0.3 is 15.4 Å². The minimum Gasteiger partial charge on any atom is -0.381 e. The van der Waals surface area contributed by atoms with Gasteiger partial charge >= 0.3 is 0 Å². The first kappa shape index (κ1) is 10.9. The fourth-order valence-corrected chi connectivity index (χ4v) is 2.36. The molecule has 2 aliphatic heterocycles. The van der Waals surface area contributed by atoms with Gasteiger partial charge in [0.1, 0.15) is 0 Å². The second kappa shape index (κ2) is 4.94. The molecule has 2 rings (SSSR count). The maximum Gasteiger partial charge on any atom is 0.222 e. The van der Waals surface area contributed by atoms with Gasteiger partial charge in [0, 0.05) is 38.8 Å². The second-order valence-corrected chi connectivity index (χ2v) is 4.65. The highest BCUT2D eigenvalue weighted by Crippen LogP contribution is 2.19. The summed E-state index contributed by atoms with van der Waals surface area (Å²) < 4.78 is 5.31. The maximum absolute atomic E-state index is 11.7. The molecule has 0 spiro atoms. The quantitative estimate of drug-likeness (QED) is 0.719. The van der Waals surface area contributed by atoms with Crippen molar-refractivity contribution in [2.45, 2.75) is 31.7 Å². The molecule has 4 heteroatoms. The van der Waals surface area contributed by atoms with Crippen molar-refractivity contribution in [3.63, 3.8) is 0 Å². The van der Waals surface area contributed by atoms with Gasteiger partial charge in [-0.25, -0.2) is 0 Å². The summed E-state index contributed by atoms with van der Waals surface area (Å²) in [6.07, 6.45) is 3.64. The molecule has 0 bridgehead atoms. The fourth-order valence-electron chi connectivity index (χ4n) is 2.36. The molecule has 15 heavy (non-hydrogen) atoms. The third-order valence-electron chi connectivity index (χ3n) is 3.36. The smallest absolute Gasteiger partial charge is 0.222 e. The van der Waals surface area contributed by atoms with Gasteiger partial charge in [-0.05, 0) is 25.2 Å². The third kappa shape index (κ3) is 2.92. The van der Waals surface area contributed by atoms with E-state index in [0.29, 0.717) is 12.3 Å². The summed E-state index contributed by atoms with van der Waals surface area (Å²) >= 11 is 0. The van der Waals surface area contributed by atoms with Gasteiger partial charge in [-0.1, -0.05) is 0 Å². The van der Waals surface area contributed by atoms with Crippen LogP contribution in [-0.2, 0) is 9.53 Å². The predicted octanol–water partition coefficient (Wildman–Crippen LogP) is 0.363. The van der Waals surface area contributed by atoms with E-state index in [1.807, 2.05) is 4.90 Å². The van der Waals surface area contributed by atoms with Crippen molar-refractivity contribution in [2.24, 2.45) is 11.7 Å². The molecule has 1 amide bonds. The number of hydrogen-bond donors (Lipinski definition) is 1. The Morgan fingerprint density at radius 2 is 2.07 bits per heavy atom. The molecule has 2 saturated heterocycles. The summed E-state index contributed by atoms with van der Waals surface area (Å²) in [4.78, 5) is 13.6. The molecule has 0 aromatic rings. The number of amides is 1. The average Bonchev–Trinajstić information content (AvgIpc) is 2.25. The minimum atomic E-state index is 0.183. The minimum absolute atomic E-state index is 0.183. The molecule has 0 aromatic carbocycles. The molecular weight excluding hydrogens is 192 g/mol. The molecule has 86 valence electrons. The first-order chi connectivity index (χ1) is 7.25. The number of hydrogen-bond acceptors (Lipinski definition) is 3. The monoisotopic (exact) mass is 212 g/mol. The fraction of sp³-hybridized carbons (Fsp3) is 0.909. The summed E-state index contributed by atoms with van der Waals surface area (Å²) in [7, 11) is 0. The maximum atomic E-state index is 11.7. The zero-order valence-corrected chi connectivity index (χ0v) is 9.15. The van der Waals surface area contributed by atoms with E-state index < -0.39 is 0 Å². The summed E-state index contributed by atoms with van der Waals surface area (Å²) in [5, 5.41) is 0. The Bertz CT molecular complexity index is 227. The third-order valence-corrected chi connectivity index (χ3v) is 3.36. The number of piperidine rings is 1. The van der Waals surface area contributed by atoms with E-state index in [1.54, 1.807) is 0 Å². The van der Waals surface area contributed by atoms with Crippen molar-refractivity contribution < 1.29 is 9.53 Å². The lowest BCUT2D eigenvalue weighted by atomic mass is 9.97. The van der Waals surface area contributed by atoms with Crippen LogP contribution in [-0.4, -0.2) is 43.2 Å². The van der Waals surface area contributed by atoms with Crippen LogP contribution >= 0.6 is 0 Å². The Kier molecular flexibility index (Phi) is 3.59. The Balaban J connectivity index is 1.83. The largest absolute Gasteiger partial charge is 0.381 e. The standard InChI is InChI=1S/C11H20N2O2/c12-10-1-2-11(14)13(8-10)7-9-3-5-15-6-4-9/h9-10H,1-8,12H2. The lowest BCUT2D eigenvalue weighted by molar-refractivity contribution is -0.134. The molecule has 2 heterocycles. The van der Waals surface area contributed by atoms with E-state index in [9.17, 15) is 4.79 Å². The van der Waals surface area contributed by atoms with Gasteiger partial charge in [0.25, 0.3) is 0 Å². The highest BCUT2D eigenvalue weighted by atomic mass is 16.5. The van der Waals surface area contributed by atoms with E-state index in [-0.39, 0.29) is 11.9 Å². The number of carbonyl (C=O) groups is 1. The van der Waals surface area contributed by atoms with Gasteiger partial charge in [-0.15, -0.1) is 0 Å². The van der Waals surface area contributed by atoms with Crippen LogP contribution in [0.3, 0.4) is 0 Å². The molecule has 0 radical (unpaired) electrons. The molecule has 0 saturated carbocycles. The van der Waals surface area contributed by atoms with E-state index in [4.69, 9.17) is 10.5 Å². The predicted molar refractivity (Wildman–Crippen MR) is 57.3 cm³/mol. The average molecular weight is 212 g/mol. The Morgan fingerprint density at radius 3 is 2.80 bits per heavy atom. The van der Waals surface area contributed by atoms with Crippen LogP contribution in [0, 0.1) is 5.92 Å². The molecule has 2 aliphatic rings. The second-order valence-electron chi connectivity index (χ2n) is 4.65. The molecule has 4 nitrogen and oxygen atoms in total. The van der Waals surface area contributed by atoms with Crippen molar-refractivity contribution in [2.75, 3.05) is 26.3 Å². The summed E-state index contributed by atoms with van der Waals surface area (Å²) in [6, 6.07) is 0.183. The normalized spacial score (nSPS) is 29.5. The van der Waals surface area contributed by atoms with Crippen molar-refractivity contribution in [3.05, 3.63) is 0 Å². The van der Waals surface area contributed by atoms with Crippen LogP contribution in [0.5, 0.6) is 0 Å². The van der Waals surface area contributed by atoms with Crippen LogP contribution in [0.4, 0.5) is 0 Å². The lowest BCUT2D eigenvalue weighted by Gasteiger charge is -2.34. The van der Waals surface area contributed by atoms with Gasteiger partial charge in [0.05, 0.1) is 0 Å². The number of rotatable bonds is 2. The van der Waals surface area contributed by atoms with Crippen LogP contribution < -0.4 is 5.73 Å². The molecule has 1 unspecified atom stereocenters. The first-order valence-electron chi connectivity index (χ1n) is 5.87. The van der Waals surface area contributed by atoms with E-state index in [0.717, 1.165) is 45.6 Å². The Labute approximate surface area is 90.8 Å². The molecule has 2 N–H and O–H groups in total. The van der Waals surface area contributed by atoms with Crippen LogP contribution in [0.2, 0.25) is 0 Å². The summed E-state index contributed by atoms with van der Waals surface area (Å²) in [5.41, 5.74) is 5.87. The Morgan fingerprint density at radius 1 is 1.33 bits per heavy atom. The number of nitrogens with two attached hydrogens (primary N) is 1. The highest BCUT2D eigenvalue weighted by Gasteiger charge is 2.26. The lowest BCUT2D eigenvalue weighted by Crippen LogP contribution is -2.48. The van der Waals surface area contributed by atoms with Crippen molar-refractivity contribution in [3.8, 4) is 0 Å². The highest BCUT2D eigenvalue weighted by molar-refractivity contribution is 5.77. The molecule has 0 aromatic heterocycles. The van der Waals surface area contributed by atoms with Crippen molar-refractivity contribution >= 4 is 5.91 Å². The van der Waals surface area contributed by atoms with Gasteiger partial charge in [0.2, 0.25) is 5.91 Å². The number of nitrogens with zero attached hydrogens (tertiary/aromatic N) is 1. The van der Waals surface area contributed by atoms with E-state index >= 15 is 0 Å². The van der Waals surface area contributed by atoms with Crippen LogP contribution in [0.1, 0.15) is 25.7 Å². The summed E-state index contributed by atoms with van der Waals surface area (Å²) in [5.74, 6) is 0.899. The van der Waals surface area contributed by atoms with Crippen molar-refractivity contribution in [1.82, 2.24) is 4.90 Å². The zero-order valence-electron chi connectivity index (χ0n) is 9.15. The van der Waals surface area contributed by atoms with E-state index in [1.165, 1.54) is 0 Å². The summed E-state index contributed by atoms with van der Waals surface area (Å²) in [6.45, 7) is 3.32. The van der Waals surface area contributed by atoms with Crippen LogP contribution in [0.25, 0.3) is 0 Å². The molecular formula is C11H20N2O2. The van der Waals surface area contributed by atoms with Gasteiger partial charge in [-0.3, -0.25) is 4.79 Å². The Hall–Kier alpha value is -0.610. The van der Waals surface area contributed by atoms with Crippen molar-refractivity contribution in [1.29, 1.82) is 0 Å². The SMILES string of the molecule is NC1CCC(=O)N(CC2CCOCC2)C1.